The molecule has 1 saturated heterocycles. The number of amides is 1. The van der Waals surface area contributed by atoms with E-state index in [0.29, 0.717) is 18.0 Å². The Morgan fingerprint density at radius 3 is 2.92 bits per heavy atom. The molecular weight excluding hydrogens is 336 g/mol. The number of likely N-dealkylation sites (tertiary alicyclic amines) is 1. The molecule has 128 valence electrons. The summed E-state index contributed by atoms with van der Waals surface area (Å²) in [5.74, 6) is 1.36. The lowest BCUT2D eigenvalue weighted by molar-refractivity contribution is -0.129. The van der Waals surface area contributed by atoms with Crippen molar-refractivity contribution in [2.24, 2.45) is 7.05 Å². The topological polar surface area (TPSA) is 51.0 Å². The highest BCUT2D eigenvalue weighted by atomic mass is 35.5. The second-order valence-corrected chi connectivity index (χ2v) is 6.88. The van der Waals surface area contributed by atoms with Crippen LogP contribution in [0.5, 0.6) is 0 Å². The van der Waals surface area contributed by atoms with E-state index in [0.717, 1.165) is 35.5 Å². The Labute approximate surface area is 151 Å². The highest BCUT2D eigenvalue weighted by Gasteiger charge is 2.30. The van der Waals surface area contributed by atoms with Gasteiger partial charge < -0.3 is 9.47 Å². The second-order valence-electron chi connectivity index (χ2n) is 6.47. The molecule has 0 aliphatic carbocycles. The van der Waals surface area contributed by atoms with E-state index < -0.39 is 0 Å². The van der Waals surface area contributed by atoms with Gasteiger partial charge in [-0.25, -0.2) is 9.97 Å². The van der Waals surface area contributed by atoms with E-state index in [2.05, 4.69) is 4.98 Å². The molecule has 5 nitrogen and oxygen atoms in total. The number of nitrogens with zero attached hydrogens (tertiary/aromatic N) is 4. The summed E-state index contributed by atoms with van der Waals surface area (Å²) in [6, 6.07) is 11.4. The normalized spacial score (nSPS) is 17.4. The number of benzene rings is 1. The van der Waals surface area contributed by atoms with E-state index in [9.17, 15) is 4.79 Å². The van der Waals surface area contributed by atoms with Gasteiger partial charge in [0.15, 0.2) is 5.65 Å². The Hall–Kier alpha value is -2.40. The first kappa shape index (κ1) is 16.1. The molecule has 1 atom stereocenters. The molecule has 0 N–H and O–H groups in total. The molecule has 2 aromatic heterocycles. The van der Waals surface area contributed by atoms with Crippen LogP contribution in [-0.2, 0) is 18.3 Å². The molecule has 25 heavy (non-hydrogen) atoms. The first-order valence-electron chi connectivity index (χ1n) is 8.42. The SMILES string of the molecule is Cn1c([C@@H]2CCN(C(=O)Cc3ccccc3Cl)C2)nc2cccnc21. The Morgan fingerprint density at radius 1 is 1.28 bits per heavy atom. The van der Waals surface area contributed by atoms with Crippen molar-refractivity contribution >= 4 is 28.7 Å². The summed E-state index contributed by atoms with van der Waals surface area (Å²) < 4.78 is 2.04. The van der Waals surface area contributed by atoms with Crippen LogP contribution in [0.4, 0.5) is 0 Å². The number of pyridine rings is 1. The smallest absolute Gasteiger partial charge is 0.227 e. The average molecular weight is 355 g/mol. The van der Waals surface area contributed by atoms with Crippen LogP contribution < -0.4 is 0 Å². The van der Waals surface area contributed by atoms with E-state index in [1.54, 1.807) is 6.20 Å². The molecule has 1 aliphatic rings. The number of rotatable bonds is 3. The van der Waals surface area contributed by atoms with Gasteiger partial charge in [-0.1, -0.05) is 29.8 Å². The van der Waals surface area contributed by atoms with Gasteiger partial charge in [-0.05, 0) is 30.2 Å². The summed E-state index contributed by atoms with van der Waals surface area (Å²) >= 11 is 6.17. The number of hydrogen-bond donors (Lipinski definition) is 0. The predicted octanol–water partition coefficient (Wildman–Crippen LogP) is 3.18. The third-order valence-electron chi connectivity index (χ3n) is 4.87. The molecule has 0 bridgehead atoms. The van der Waals surface area contributed by atoms with Crippen LogP contribution in [0.25, 0.3) is 11.2 Å². The van der Waals surface area contributed by atoms with E-state index >= 15 is 0 Å². The van der Waals surface area contributed by atoms with Gasteiger partial charge in [0.2, 0.25) is 5.91 Å². The van der Waals surface area contributed by atoms with Gasteiger partial charge in [0, 0.05) is 37.3 Å². The maximum absolute atomic E-state index is 12.6. The van der Waals surface area contributed by atoms with E-state index in [1.165, 1.54) is 0 Å². The van der Waals surface area contributed by atoms with Crippen molar-refractivity contribution in [1.29, 1.82) is 0 Å². The molecule has 1 amide bonds. The van der Waals surface area contributed by atoms with Crippen LogP contribution in [0, 0.1) is 0 Å². The molecule has 6 heteroatoms. The fraction of sp³-hybridized carbons (Fsp3) is 0.316. The standard InChI is InChI=1S/C19H19ClN4O/c1-23-18(22-16-7-4-9-21-19(16)23)14-8-10-24(12-14)17(25)11-13-5-2-3-6-15(13)20/h2-7,9,14H,8,10-12H2,1H3/t14-/m1/s1. The van der Waals surface area contributed by atoms with E-state index in [-0.39, 0.29) is 11.8 Å². The van der Waals surface area contributed by atoms with Crippen LogP contribution >= 0.6 is 11.6 Å². The molecule has 1 aromatic carbocycles. The minimum absolute atomic E-state index is 0.118. The molecule has 0 spiro atoms. The van der Waals surface area contributed by atoms with Crippen LogP contribution in [0.3, 0.4) is 0 Å². The zero-order valence-corrected chi connectivity index (χ0v) is 14.8. The van der Waals surface area contributed by atoms with E-state index in [1.807, 2.05) is 52.9 Å². The molecular formula is C19H19ClN4O. The largest absolute Gasteiger partial charge is 0.342 e. The van der Waals surface area contributed by atoms with Crippen LogP contribution in [0.2, 0.25) is 5.02 Å². The highest BCUT2D eigenvalue weighted by Crippen LogP contribution is 2.29. The molecule has 4 rings (SSSR count). The zero-order valence-electron chi connectivity index (χ0n) is 14.0. The van der Waals surface area contributed by atoms with Crippen LogP contribution in [-0.4, -0.2) is 38.4 Å². The third kappa shape index (κ3) is 3.00. The Balaban J connectivity index is 1.50. The van der Waals surface area contributed by atoms with Crippen molar-refractivity contribution in [2.75, 3.05) is 13.1 Å². The Kier molecular flexibility index (Phi) is 4.17. The lowest BCUT2D eigenvalue weighted by atomic mass is 10.1. The summed E-state index contributed by atoms with van der Waals surface area (Å²) in [4.78, 5) is 23.7. The number of carbonyl (C=O) groups excluding carboxylic acids is 1. The molecule has 1 fully saturated rings. The molecule has 3 aromatic rings. The maximum atomic E-state index is 12.6. The van der Waals surface area contributed by atoms with Crippen LogP contribution in [0.1, 0.15) is 23.7 Å². The number of imidazole rings is 1. The quantitative estimate of drug-likeness (QED) is 0.725. The first-order valence-corrected chi connectivity index (χ1v) is 8.80. The fourth-order valence-electron chi connectivity index (χ4n) is 3.52. The fourth-order valence-corrected chi connectivity index (χ4v) is 3.72. The van der Waals surface area contributed by atoms with Gasteiger partial charge in [0.25, 0.3) is 0 Å². The van der Waals surface area contributed by atoms with Gasteiger partial charge in [0.1, 0.15) is 11.3 Å². The minimum atomic E-state index is 0.118. The summed E-state index contributed by atoms with van der Waals surface area (Å²) in [5, 5.41) is 0.646. The molecule has 3 heterocycles. The summed E-state index contributed by atoms with van der Waals surface area (Å²) in [5.41, 5.74) is 2.67. The van der Waals surface area contributed by atoms with Crippen molar-refractivity contribution in [3.8, 4) is 0 Å². The number of aromatic nitrogens is 3. The third-order valence-corrected chi connectivity index (χ3v) is 5.24. The van der Waals surface area contributed by atoms with Gasteiger partial charge in [-0.3, -0.25) is 4.79 Å². The number of aryl methyl sites for hydroxylation is 1. The lowest BCUT2D eigenvalue weighted by Crippen LogP contribution is -2.30. The predicted molar refractivity (Wildman–Crippen MR) is 97.6 cm³/mol. The monoisotopic (exact) mass is 354 g/mol. The van der Waals surface area contributed by atoms with Gasteiger partial charge in [-0.2, -0.15) is 0 Å². The molecule has 1 aliphatic heterocycles. The highest BCUT2D eigenvalue weighted by molar-refractivity contribution is 6.31. The van der Waals surface area contributed by atoms with Crippen LogP contribution in [0.15, 0.2) is 42.6 Å². The first-order chi connectivity index (χ1) is 12.1. The minimum Gasteiger partial charge on any atom is -0.342 e. The summed E-state index contributed by atoms with van der Waals surface area (Å²) in [6.45, 7) is 1.45. The number of hydrogen-bond acceptors (Lipinski definition) is 3. The van der Waals surface area contributed by atoms with Gasteiger partial charge in [0.05, 0.1) is 6.42 Å². The molecule has 0 saturated carbocycles. The lowest BCUT2D eigenvalue weighted by Gasteiger charge is -2.17. The number of halogens is 1. The van der Waals surface area contributed by atoms with Crippen molar-refractivity contribution < 1.29 is 4.79 Å². The van der Waals surface area contributed by atoms with Crippen molar-refractivity contribution in [3.05, 3.63) is 59.0 Å². The van der Waals surface area contributed by atoms with Crippen molar-refractivity contribution in [1.82, 2.24) is 19.4 Å². The van der Waals surface area contributed by atoms with Crippen molar-refractivity contribution in [2.45, 2.75) is 18.8 Å². The average Bonchev–Trinajstić information content (AvgIpc) is 3.22. The number of fused-ring (bicyclic) bond motifs is 1. The molecule has 0 unspecified atom stereocenters. The number of carbonyl (C=O) groups is 1. The van der Waals surface area contributed by atoms with Crippen molar-refractivity contribution in [3.63, 3.8) is 0 Å². The second kappa shape index (κ2) is 6.48. The maximum Gasteiger partial charge on any atom is 0.227 e. The Bertz CT molecular complexity index is 936. The zero-order chi connectivity index (χ0) is 17.4. The summed E-state index contributed by atoms with van der Waals surface area (Å²) in [7, 11) is 1.99. The Morgan fingerprint density at radius 2 is 2.12 bits per heavy atom. The molecule has 0 radical (unpaired) electrons. The van der Waals surface area contributed by atoms with Gasteiger partial charge in [-0.15, -0.1) is 0 Å². The van der Waals surface area contributed by atoms with Gasteiger partial charge >= 0.3 is 0 Å². The summed E-state index contributed by atoms with van der Waals surface area (Å²) in [6.07, 6.45) is 3.05. The van der Waals surface area contributed by atoms with E-state index in [4.69, 9.17) is 16.6 Å².